The summed E-state index contributed by atoms with van der Waals surface area (Å²) in [5.41, 5.74) is 0.374. The molecule has 26 heavy (non-hydrogen) atoms. The van der Waals surface area contributed by atoms with Gasteiger partial charge in [-0.05, 0) is 32.3 Å². The molecule has 6 nitrogen and oxygen atoms in total. The van der Waals surface area contributed by atoms with Crippen LogP contribution >= 0.6 is 0 Å². The zero-order valence-electron chi connectivity index (χ0n) is 15.2. The van der Waals surface area contributed by atoms with Crippen molar-refractivity contribution in [2.45, 2.75) is 58.0 Å². The highest BCUT2D eigenvalue weighted by atomic mass is 16.3. The van der Waals surface area contributed by atoms with E-state index in [1.165, 1.54) is 4.57 Å². The Morgan fingerprint density at radius 1 is 1.19 bits per heavy atom. The number of nitrogens with one attached hydrogen (secondary N) is 1. The number of aromatic hydroxyl groups is 1. The molecule has 1 aromatic carbocycles. The number of hydrogen-bond acceptors (Lipinski definition) is 4. The minimum absolute atomic E-state index is 0.0776. The first-order valence-electron chi connectivity index (χ1n) is 9.16. The fraction of sp³-hybridized carbons (Fsp3) is 0.450. The highest BCUT2D eigenvalue weighted by Gasteiger charge is 2.24. The van der Waals surface area contributed by atoms with Crippen molar-refractivity contribution in [3.63, 3.8) is 0 Å². The Labute approximate surface area is 152 Å². The first-order valence-corrected chi connectivity index (χ1v) is 9.16. The zero-order chi connectivity index (χ0) is 18.7. The molecule has 1 saturated carbocycles. The molecule has 3 rings (SSSR count). The molecular formula is C20H25N3O3. The summed E-state index contributed by atoms with van der Waals surface area (Å²) in [7, 11) is 0. The van der Waals surface area contributed by atoms with Gasteiger partial charge in [-0.15, -0.1) is 0 Å². The maximum atomic E-state index is 12.3. The van der Waals surface area contributed by atoms with Crippen LogP contribution in [-0.2, 0) is 0 Å². The third kappa shape index (κ3) is 3.64. The highest BCUT2D eigenvalue weighted by Crippen LogP contribution is 2.30. The Morgan fingerprint density at radius 3 is 2.50 bits per heavy atom. The summed E-state index contributed by atoms with van der Waals surface area (Å²) in [6.07, 6.45) is 4.83. The molecule has 138 valence electrons. The van der Waals surface area contributed by atoms with Gasteiger partial charge in [-0.1, -0.05) is 49.6 Å². The van der Waals surface area contributed by atoms with E-state index < -0.39 is 11.2 Å². The molecule has 1 fully saturated rings. The molecule has 0 saturated heterocycles. The number of nitrogens with zero attached hydrogens (tertiary/aromatic N) is 2. The number of aliphatic imine (C=N–C) groups is 1. The summed E-state index contributed by atoms with van der Waals surface area (Å²) >= 11 is 0. The summed E-state index contributed by atoms with van der Waals surface area (Å²) in [5.74, 6) is -0.271. The van der Waals surface area contributed by atoms with Crippen LogP contribution in [0.25, 0.3) is 0 Å². The number of rotatable bonds is 4. The van der Waals surface area contributed by atoms with Gasteiger partial charge in [0.05, 0.1) is 11.8 Å². The van der Waals surface area contributed by atoms with Crippen molar-refractivity contribution in [3.05, 3.63) is 62.3 Å². The van der Waals surface area contributed by atoms with Crippen molar-refractivity contribution in [1.29, 1.82) is 0 Å². The fourth-order valence-corrected chi connectivity index (χ4v) is 3.70. The quantitative estimate of drug-likeness (QED) is 0.825. The van der Waals surface area contributed by atoms with Crippen LogP contribution in [-0.4, -0.2) is 20.4 Å². The molecule has 0 bridgehead atoms. The van der Waals surface area contributed by atoms with Crippen LogP contribution in [0.1, 0.15) is 69.2 Å². The Morgan fingerprint density at radius 2 is 1.85 bits per heavy atom. The lowest BCUT2D eigenvalue weighted by molar-refractivity contribution is 0.298. The molecule has 1 atom stereocenters. The van der Waals surface area contributed by atoms with Crippen molar-refractivity contribution < 1.29 is 5.11 Å². The summed E-state index contributed by atoms with van der Waals surface area (Å²) in [6.45, 7) is 3.63. The van der Waals surface area contributed by atoms with Gasteiger partial charge in [0.25, 0.3) is 5.56 Å². The van der Waals surface area contributed by atoms with E-state index in [1.54, 1.807) is 6.92 Å². The molecule has 1 aliphatic carbocycles. The van der Waals surface area contributed by atoms with Crippen molar-refractivity contribution >= 4 is 5.71 Å². The van der Waals surface area contributed by atoms with Crippen molar-refractivity contribution in [2.24, 2.45) is 4.99 Å². The molecule has 0 aliphatic heterocycles. The highest BCUT2D eigenvalue weighted by molar-refractivity contribution is 6.00. The van der Waals surface area contributed by atoms with Gasteiger partial charge in [0, 0.05) is 6.04 Å². The predicted octanol–water partition coefficient (Wildman–Crippen LogP) is 3.32. The Balaban J connectivity index is 2.02. The third-order valence-corrected chi connectivity index (χ3v) is 5.09. The minimum atomic E-state index is -0.596. The van der Waals surface area contributed by atoms with Crippen molar-refractivity contribution in [1.82, 2.24) is 9.55 Å². The maximum absolute atomic E-state index is 12.3. The third-order valence-electron chi connectivity index (χ3n) is 5.09. The lowest BCUT2D eigenvalue weighted by Crippen LogP contribution is -2.36. The molecule has 1 aliphatic rings. The van der Waals surface area contributed by atoms with Gasteiger partial charge in [-0.3, -0.25) is 19.3 Å². The molecule has 0 spiro atoms. The summed E-state index contributed by atoms with van der Waals surface area (Å²) in [6, 6.07) is 9.50. The van der Waals surface area contributed by atoms with E-state index in [2.05, 4.69) is 9.98 Å². The SMILES string of the molecule is CC(=N[C@H](C)c1ccccc1)c1c(O)n(C2CCCCC2)c(=O)[nH]c1=O. The first-order chi connectivity index (χ1) is 12.5. The van der Waals surface area contributed by atoms with E-state index in [9.17, 15) is 14.7 Å². The summed E-state index contributed by atoms with van der Waals surface area (Å²) in [5, 5.41) is 10.7. The second kappa shape index (κ2) is 7.72. The maximum Gasteiger partial charge on any atom is 0.331 e. The van der Waals surface area contributed by atoms with Gasteiger partial charge in [0.1, 0.15) is 5.56 Å². The Hall–Kier alpha value is -2.63. The van der Waals surface area contributed by atoms with Gasteiger partial charge in [0.2, 0.25) is 5.88 Å². The van der Waals surface area contributed by atoms with Gasteiger partial charge in [-0.2, -0.15) is 0 Å². The fourth-order valence-electron chi connectivity index (χ4n) is 3.70. The molecule has 0 amide bonds. The van der Waals surface area contributed by atoms with E-state index >= 15 is 0 Å². The molecule has 1 heterocycles. The van der Waals surface area contributed by atoms with Gasteiger partial charge in [-0.25, -0.2) is 4.79 Å². The number of hydrogen-bond donors (Lipinski definition) is 2. The minimum Gasteiger partial charge on any atom is -0.494 e. The van der Waals surface area contributed by atoms with Crippen molar-refractivity contribution in [3.8, 4) is 5.88 Å². The smallest absolute Gasteiger partial charge is 0.331 e. The van der Waals surface area contributed by atoms with Gasteiger partial charge < -0.3 is 5.11 Å². The second-order valence-electron chi connectivity index (χ2n) is 6.92. The van der Waals surface area contributed by atoms with E-state index in [0.29, 0.717) is 5.71 Å². The Bertz CT molecular complexity index is 906. The van der Waals surface area contributed by atoms with E-state index in [1.807, 2.05) is 37.3 Å². The number of benzene rings is 1. The standard InChI is InChI=1S/C20H25N3O3/c1-13(15-9-5-3-6-10-15)21-14(2)17-18(24)22-20(26)23(19(17)25)16-11-7-4-8-12-16/h3,5-6,9-10,13,16,25H,4,7-8,11-12H2,1-2H3,(H,22,24,26)/t13-/m1/s1. The van der Waals surface area contributed by atoms with Crippen LogP contribution in [0.2, 0.25) is 0 Å². The van der Waals surface area contributed by atoms with Gasteiger partial charge >= 0.3 is 5.69 Å². The largest absolute Gasteiger partial charge is 0.494 e. The first kappa shape index (κ1) is 18.2. The molecule has 2 aromatic rings. The lowest BCUT2D eigenvalue weighted by Gasteiger charge is -2.25. The number of aromatic nitrogens is 2. The topological polar surface area (TPSA) is 87.4 Å². The van der Waals surface area contributed by atoms with Crippen LogP contribution < -0.4 is 11.2 Å². The van der Waals surface area contributed by atoms with Crippen LogP contribution in [0.5, 0.6) is 5.88 Å². The molecule has 1 aromatic heterocycles. The Kier molecular flexibility index (Phi) is 5.40. The second-order valence-corrected chi connectivity index (χ2v) is 6.92. The monoisotopic (exact) mass is 355 g/mol. The van der Waals surface area contributed by atoms with Crippen molar-refractivity contribution in [2.75, 3.05) is 0 Å². The zero-order valence-corrected chi connectivity index (χ0v) is 15.2. The average Bonchev–Trinajstić information content (AvgIpc) is 2.63. The van der Waals surface area contributed by atoms with E-state index in [-0.39, 0.29) is 23.5 Å². The summed E-state index contributed by atoms with van der Waals surface area (Å²) in [4.78, 5) is 31.6. The average molecular weight is 355 g/mol. The molecule has 6 heteroatoms. The summed E-state index contributed by atoms with van der Waals surface area (Å²) < 4.78 is 1.34. The number of H-pyrrole nitrogens is 1. The lowest BCUT2D eigenvalue weighted by atomic mass is 9.95. The predicted molar refractivity (Wildman–Crippen MR) is 102 cm³/mol. The van der Waals surface area contributed by atoms with E-state index in [4.69, 9.17) is 0 Å². The molecule has 2 N–H and O–H groups in total. The van der Waals surface area contributed by atoms with Crippen LogP contribution in [0.15, 0.2) is 44.9 Å². The molecule has 0 radical (unpaired) electrons. The van der Waals surface area contributed by atoms with Crippen LogP contribution in [0.3, 0.4) is 0 Å². The van der Waals surface area contributed by atoms with Gasteiger partial charge in [0.15, 0.2) is 0 Å². The van der Waals surface area contributed by atoms with Crippen LogP contribution in [0, 0.1) is 0 Å². The molecule has 0 unspecified atom stereocenters. The number of aromatic amines is 1. The van der Waals surface area contributed by atoms with Crippen LogP contribution in [0.4, 0.5) is 0 Å². The van der Waals surface area contributed by atoms with E-state index in [0.717, 1.165) is 37.7 Å². The molecular weight excluding hydrogens is 330 g/mol. The normalized spacial score (nSPS) is 17.2.